The van der Waals surface area contributed by atoms with Crippen molar-refractivity contribution in [1.29, 1.82) is 0 Å². The van der Waals surface area contributed by atoms with Crippen LogP contribution in [0.1, 0.15) is 36.0 Å². The van der Waals surface area contributed by atoms with E-state index in [4.69, 9.17) is 4.52 Å². The molecule has 26 heavy (non-hydrogen) atoms. The standard InChI is InChI=1S/C18H20N6O.ClH/c1-11-7-12(2)24(22-11)15-4-3-13(9-20-15)16-21-17(25-23-16)14-8-18(14)5-6-19-10-18;/h3-4,7,9,14,19H,5-6,8,10H2,1-2H3;1H. The number of hydrogen-bond donors (Lipinski definition) is 1. The number of hydrogen-bond acceptors (Lipinski definition) is 6. The molecule has 3 aromatic heterocycles. The molecule has 0 bridgehead atoms. The number of nitrogens with zero attached hydrogens (tertiary/aromatic N) is 5. The van der Waals surface area contributed by atoms with E-state index in [2.05, 4.69) is 25.5 Å². The maximum absolute atomic E-state index is 5.53. The molecule has 136 valence electrons. The van der Waals surface area contributed by atoms with Crippen molar-refractivity contribution in [2.45, 2.75) is 32.6 Å². The van der Waals surface area contributed by atoms with Crippen molar-refractivity contribution >= 4 is 12.4 Å². The largest absolute Gasteiger partial charge is 0.339 e. The van der Waals surface area contributed by atoms with Gasteiger partial charge in [0.05, 0.1) is 5.69 Å². The molecule has 7 nitrogen and oxygen atoms in total. The Bertz CT molecular complexity index is 926. The third-order valence-electron chi connectivity index (χ3n) is 5.44. The molecular weight excluding hydrogens is 352 g/mol. The zero-order valence-electron chi connectivity index (χ0n) is 14.8. The molecule has 0 aromatic carbocycles. The Balaban J connectivity index is 0.00000168. The van der Waals surface area contributed by atoms with Crippen molar-refractivity contribution in [3.05, 3.63) is 41.7 Å². The van der Waals surface area contributed by atoms with Gasteiger partial charge in [-0.25, -0.2) is 9.67 Å². The molecule has 1 aliphatic carbocycles. The van der Waals surface area contributed by atoms with E-state index in [-0.39, 0.29) is 12.4 Å². The van der Waals surface area contributed by atoms with Gasteiger partial charge in [0.1, 0.15) is 0 Å². The fourth-order valence-electron chi connectivity index (χ4n) is 3.93. The average molecular weight is 373 g/mol. The number of nitrogens with one attached hydrogen (secondary N) is 1. The Morgan fingerprint density at radius 1 is 1.31 bits per heavy atom. The molecule has 2 unspecified atom stereocenters. The summed E-state index contributed by atoms with van der Waals surface area (Å²) in [6, 6.07) is 5.93. The summed E-state index contributed by atoms with van der Waals surface area (Å²) in [6.07, 6.45) is 4.13. The van der Waals surface area contributed by atoms with Crippen molar-refractivity contribution in [3.63, 3.8) is 0 Å². The second-order valence-corrected chi connectivity index (χ2v) is 7.25. The summed E-state index contributed by atoms with van der Waals surface area (Å²) < 4.78 is 7.37. The van der Waals surface area contributed by atoms with Crippen LogP contribution in [0.3, 0.4) is 0 Å². The van der Waals surface area contributed by atoms with Crippen LogP contribution in [-0.2, 0) is 0 Å². The summed E-state index contributed by atoms with van der Waals surface area (Å²) in [6.45, 7) is 6.15. The first-order valence-electron chi connectivity index (χ1n) is 8.69. The van der Waals surface area contributed by atoms with E-state index in [9.17, 15) is 0 Å². The summed E-state index contributed by atoms with van der Waals surface area (Å²) in [4.78, 5) is 9.13. The van der Waals surface area contributed by atoms with Crippen molar-refractivity contribution in [1.82, 2.24) is 30.2 Å². The fraction of sp³-hybridized carbons (Fsp3) is 0.444. The van der Waals surface area contributed by atoms with Gasteiger partial charge in [0.2, 0.25) is 11.7 Å². The van der Waals surface area contributed by atoms with Gasteiger partial charge in [-0.1, -0.05) is 5.16 Å². The maximum atomic E-state index is 5.53. The van der Waals surface area contributed by atoms with Gasteiger partial charge < -0.3 is 9.84 Å². The van der Waals surface area contributed by atoms with E-state index >= 15 is 0 Å². The van der Waals surface area contributed by atoms with Gasteiger partial charge in [0.25, 0.3) is 0 Å². The number of aryl methyl sites for hydroxylation is 2. The minimum absolute atomic E-state index is 0. The number of aromatic nitrogens is 5. The molecule has 2 aliphatic rings. The van der Waals surface area contributed by atoms with E-state index in [1.807, 2.05) is 36.7 Å². The number of halogens is 1. The Morgan fingerprint density at radius 3 is 2.85 bits per heavy atom. The highest BCUT2D eigenvalue weighted by Crippen LogP contribution is 2.62. The van der Waals surface area contributed by atoms with Crippen LogP contribution in [0.4, 0.5) is 0 Å². The summed E-state index contributed by atoms with van der Waals surface area (Å²) in [5.74, 6) is 2.57. The Hall–Kier alpha value is -2.25. The molecule has 1 saturated heterocycles. The zero-order valence-corrected chi connectivity index (χ0v) is 15.6. The normalized spacial score (nSPS) is 24.0. The molecule has 1 N–H and O–H groups in total. The second kappa shape index (κ2) is 6.17. The highest BCUT2D eigenvalue weighted by Gasteiger charge is 2.58. The van der Waals surface area contributed by atoms with Crippen LogP contribution >= 0.6 is 12.4 Å². The third-order valence-corrected chi connectivity index (χ3v) is 5.44. The van der Waals surface area contributed by atoms with Gasteiger partial charge in [0.15, 0.2) is 5.82 Å². The molecule has 2 atom stereocenters. The van der Waals surface area contributed by atoms with Crippen molar-refractivity contribution in [2.24, 2.45) is 5.41 Å². The van der Waals surface area contributed by atoms with E-state index < -0.39 is 0 Å². The topological polar surface area (TPSA) is 81.7 Å². The minimum atomic E-state index is 0. The molecule has 2 fully saturated rings. The van der Waals surface area contributed by atoms with Crippen LogP contribution in [0.15, 0.2) is 28.9 Å². The monoisotopic (exact) mass is 372 g/mol. The predicted octanol–water partition coefficient (Wildman–Crippen LogP) is 2.82. The highest BCUT2D eigenvalue weighted by molar-refractivity contribution is 5.85. The summed E-state index contributed by atoms with van der Waals surface area (Å²) in [5, 5.41) is 12.0. The van der Waals surface area contributed by atoms with Crippen LogP contribution < -0.4 is 5.32 Å². The smallest absolute Gasteiger partial charge is 0.230 e. The lowest BCUT2D eigenvalue weighted by Crippen LogP contribution is -2.10. The van der Waals surface area contributed by atoms with Crippen LogP contribution in [0.5, 0.6) is 0 Å². The Labute approximate surface area is 157 Å². The average Bonchev–Trinajstić information content (AvgIpc) is 3.00. The van der Waals surface area contributed by atoms with E-state index in [1.165, 1.54) is 6.42 Å². The summed E-state index contributed by atoms with van der Waals surface area (Å²) in [5.41, 5.74) is 3.26. The first-order chi connectivity index (χ1) is 12.1. The summed E-state index contributed by atoms with van der Waals surface area (Å²) in [7, 11) is 0. The van der Waals surface area contributed by atoms with Gasteiger partial charge in [0, 0.05) is 29.9 Å². The predicted molar refractivity (Wildman–Crippen MR) is 98.7 cm³/mol. The van der Waals surface area contributed by atoms with Gasteiger partial charge in [-0.15, -0.1) is 12.4 Å². The first-order valence-corrected chi connectivity index (χ1v) is 8.69. The minimum Gasteiger partial charge on any atom is -0.339 e. The Morgan fingerprint density at radius 2 is 2.19 bits per heavy atom. The lowest BCUT2D eigenvalue weighted by molar-refractivity contribution is 0.364. The van der Waals surface area contributed by atoms with Gasteiger partial charge in [-0.3, -0.25) is 0 Å². The lowest BCUT2D eigenvalue weighted by atomic mass is 10.0. The van der Waals surface area contributed by atoms with E-state index in [1.54, 1.807) is 6.20 Å². The molecular formula is C18H21ClN6O. The number of pyridine rings is 1. The van der Waals surface area contributed by atoms with Crippen LogP contribution in [0.2, 0.25) is 0 Å². The van der Waals surface area contributed by atoms with Crippen molar-refractivity contribution in [2.75, 3.05) is 13.1 Å². The van der Waals surface area contributed by atoms with Crippen molar-refractivity contribution < 1.29 is 4.52 Å². The molecule has 0 radical (unpaired) electrons. The second-order valence-electron chi connectivity index (χ2n) is 7.25. The quantitative estimate of drug-likeness (QED) is 0.761. The molecule has 8 heteroatoms. The van der Waals surface area contributed by atoms with Gasteiger partial charge in [-0.2, -0.15) is 10.1 Å². The molecule has 4 heterocycles. The lowest BCUT2D eigenvalue weighted by Gasteiger charge is -2.03. The fourth-order valence-corrected chi connectivity index (χ4v) is 3.93. The third kappa shape index (κ3) is 2.71. The SMILES string of the molecule is Cc1cc(C)n(-c2ccc(-c3noc(C4CC45CCNC5)n3)cn2)n1.Cl. The molecule has 3 aromatic rings. The van der Waals surface area contributed by atoms with Gasteiger partial charge >= 0.3 is 0 Å². The zero-order chi connectivity index (χ0) is 17.0. The van der Waals surface area contributed by atoms with Crippen LogP contribution in [-0.4, -0.2) is 38.0 Å². The molecule has 1 aliphatic heterocycles. The molecule has 5 rings (SSSR count). The Kier molecular flexibility index (Phi) is 4.08. The van der Waals surface area contributed by atoms with Crippen molar-refractivity contribution in [3.8, 4) is 17.2 Å². The van der Waals surface area contributed by atoms with E-state index in [0.29, 0.717) is 17.2 Å². The first kappa shape index (κ1) is 17.2. The van der Waals surface area contributed by atoms with E-state index in [0.717, 1.165) is 48.2 Å². The summed E-state index contributed by atoms with van der Waals surface area (Å²) >= 11 is 0. The highest BCUT2D eigenvalue weighted by atomic mass is 35.5. The number of rotatable bonds is 3. The molecule has 1 spiro atoms. The van der Waals surface area contributed by atoms with Gasteiger partial charge in [-0.05, 0) is 56.8 Å². The van der Waals surface area contributed by atoms with Crippen LogP contribution in [0, 0.1) is 19.3 Å². The molecule has 1 saturated carbocycles. The molecule has 0 amide bonds. The maximum Gasteiger partial charge on any atom is 0.230 e. The van der Waals surface area contributed by atoms with Crippen LogP contribution in [0.25, 0.3) is 17.2 Å².